The number of nitrogens with two attached hydrogens (primary N) is 1. The van der Waals surface area contributed by atoms with E-state index in [1.54, 1.807) is 22.9 Å². The van der Waals surface area contributed by atoms with Crippen LogP contribution in [0.15, 0.2) is 48.0 Å². The van der Waals surface area contributed by atoms with Gasteiger partial charge in [-0.2, -0.15) is 0 Å². The average Bonchev–Trinajstić information content (AvgIpc) is 2.86. The van der Waals surface area contributed by atoms with Crippen LogP contribution in [0.2, 0.25) is 0 Å². The maximum absolute atomic E-state index is 12.0. The van der Waals surface area contributed by atoms with Gasteiger partial charge in [0.05, 0.1) is 22.1 Å². The number of hydrogen-bond acceptors (Lipinski definition) is 4. The molecule has 4 nitrogen and oxygen atoms in total. The fourth-order valence-electron chi connectivity index (χ4n) is 2.03. The predicted octanol–water partition coefficient (Wildman–Crippen LogP) is 3.06. The molecule has 0 unspecified atom stereocenters. The van der Waals surface area contributed by atoms with E-state index in [2.05, 4.69) is 10.3 Å². The number of fused-ring (bicyclic) bond motifs is 1. The van der Waals surface area contributed by atoms with Gasteiger partial charge in [-0.3, -0.25) is 4.79 Å². The highest BCUT2D eigenvalue weighted by atomic mass is 32.1. The lowest BCUT2D eigenvalue weighted by atomic mass is 10.1. The number of benzene rings is 2. The van der Waals surface area contributed by atoms with Crippen molar-refractivity contribution in [3.8, 4) is 0 Å². The summed E-state index contributed by atoms with van der Waals surface area (Å²) in [6.07, 6.45) is 0.311. The van der Waals surface area contributed by atoms with E-state index in [4.69, 9.17) is 5.73 Å². The topological polar surface area (TPSA) is 68.0 Å². The lowest BCUT2D eigenvalue weighted by Gasteiger charge is -2.06. The second-order valence-corrected chi connectivity index (χ2v) is 5.39. The summed E-state index contributed by atoms with van der Waals surface area (Å²) in [7, 11) is 0. The Labute approximate surface area is 120 Å². The molecule has 3 N–H and O–H groups in total. The number of hydrogen-bond donors (Lipinski definition) is 2. The molecule has 3 rings (SSSR count). The van der Waals surface area contributed by atoms with Gasteiger partial charge in [0, 0.05) is 11.4 Å². The van der Waals surface area contributed by atoms with Gasteiger partial charge in [0.1, 0.15) is 0 Å². The zero-order chi connectivity index (χ0) is 13.9. The standard InChI is InChI=1S/C15H13N3OS/c16-11-3-1-2-10(6-11)7-15(19)18-12-4-5-13-14(8-12)20-9-17-13/h1-6,8-9H,7,16H2,(H,18,19). The molecule has 0 atom stereocenters. The van der Waals surface area contributed by atoms with Gasteiger partial charge in [-0.1, -0.05) is 12.1 Å². The van der Waals surface area contributed by atoms with Crippen molar-refractivity contribution in [1.29, 1.82) is 0 Å². The van der Waals surface area contributed by atoms with Crippen LogP contribution in [0.5, 0.6) is 0 Å². The van der Waals surface area contributed by atoms with E-state index in [1.807, 2.05) is 36.4 Å². The highest BCUT2D eigenvalue weighted by molar-refractivity contribution is 7.16. The number of thiazole rings is 1. The van der Waals surface area contributed by atoms with Crippen molar-refractivity contribution in [2.24, 2.45) is 0 Å². The maximum Gasteiger partial charge on any atom is 0.228 e. The maximum atomic E-state index is 12.0. The van der Waals surface area contributed by atoms with E-state index in [9.17, 15) is 4.79 Å². The molecule has 1 amide bonds. The van der Waals surface area contributed by atoms with Crippen LogP contribution in [-0.2, 0) is 11.2 Å². The zero-order valence-corrected chi connectivity index (χ0v) is 11.5. The van der Waals surface area contributed by atoms with Crippen LogP contribution in [-0.4, -0.2) is 10.9 Å². The summed E-state index contributed by atoms with van der Waals surface area (Å²) >= 11 is 1.56. The molecule has 0 fully saturated rings. The first-order valence-electron chi connectivity index (χ1n) is 6.18. The number of anilines is 2. The van der Waals surface area contributed by atoms with Crippen LogP contribution < -0.4 is 11.1 Å². The van der Waals surface area contributed by atoms with Gasteiger partial charge in [-0.15, -0.1) is 11.3 Å². The first kappa shape index (κ1) is 12.6. The molecule has 0 bridgehead atoms. The lowest BCUT2D eigenvalue weighted by molar-refractivity contribution is -0.115. The second-order valence-electron chi connectivity index (χ2n) is 4.50. The molecule has 0 saturated carbocycles. The minimum absolute atomic E-state index is 0.0561. The van der Waals surface area contributed by atoms with Crippen molar-refractivity contribution in [3.63, 3.8) is 0 Å². The van der Waals surface area contributed by atoms with Crippen molar-refractivity contribution in [3.05, 3.63) is 53.5 Å². The van der Waals surface area contributed by atoms with Crippen molar-refractivity contribution in [2.75, 3.05) is 11.1 Å². The Morgan fingerprint density at radius 2 is 2.15 bits per heavy atom. The van der Waals surface area contributed by atoms with Gasteiger partial charge >= 0.3 is 0 Å². The quantitative estimate of drug-likeness (QED) is 0.726. The molecule has 20 heavy (non-hydrogen) atoms. The average molecular weight is 283 g/mol. The smallest absolute Gasteiger partial charge is 0.228 e. The van der Waals surface area contributed by atoms with Crippen molar-refractivity contribution in [2.45, 2.75) is 6.42 Å². The number of carbonyl (C=O) groups excluding carboxylic acids is 1. The third-order valence-electron chi connectivity index (χ3n) is 2.93. The van der Waals surface area contributed by atoms with Crippen LogP contribution in [0.25, 0.3) is 10.2 Å². The van der Waals surface area contributed by atoms with Crippen LogP contribution >= 0.6 is 11.3 Å². The molecule has 1 heterocycles. The molecule has 0 saturated heterocycles. The first-order valence-corrected chi connectivity index (χ1v) is 7.06. The molecule has 0 aliphatic heterocycles. The SMILES string of the molecule is Nc1cccc(CC(=O)Nc2ccc3ncsc3c2)c1. The summed E-state index contributed by atoms with van der Waals surface area (Å²) in [6.45, 7) is 0. The lowest BCUT2D eigenvalue weighted by Crippen LogP contribution is -2.14. The summed E-state index contributed by atoms with van der Waals surface area (Å²) in [6, 6.07) is 13.1. The highest BCUT2D eigenvalue weighted by Gasteiger charge is 2.05. The van der Waals surface area contributed by atoms with Gasteiger partial charge < -0.3 is 11.1 Å². The molecule has 0 aliphatic rings. The third-order valence-corrected chi connectivity index (χ3v) is 3.72. The van der Waals surface area contributed by atoms with Crippen LogP contribution in [0.3, 0.4) is 0 Å². The second kappa shape index (κ2) is 5.30. The van der Waals surface area contributed by atoms with E-state index >= 15 is 0 Å². The molecule has 2 aromatic carbocycles. The number of amides is 1. The minimum atomic E-state index is -0.0561. The summed E-state index contributed by atoms with van der Waals surface area (Å²) in [5.41, 5.74) is 10.8. The Hall–Kier alpha value is -2.40. The molecule has 100 valence electrons. The monoisotopic (exact) mass is 283 g/mol. The summed E-state index contributed by atoms with van der Waals surface area (Å²) in [5.74, 6) is -0.0561. The Morgan fingerprint density at radius 3 is 3.00 bits per heavy atom. The Balaban J connectivity index is 1.72. The number of nitrogens with one attached hydrogen (secondary N) is 1. The van der Waals surface area contributed by atoms with Crippen LogP contribution in [0, 0.1) is 0 Å². The molecular weight excluding hydrogens is 270 g/mol. The molecule has 5 heteroatoms. The van der Waals surface area contributed by atoms with Gasteiger partial charge in [-0.25, -0.2) is 4.98 Å². The van der Waals surface area contributed by atoms with Crippen molar-refractivity contribution < 1.29 is 4.79 Å². The van der Waals surface area contributed by atoms with Gasteiger partial charge in [0.25, 0.3) is 0 Å². The van der Waals surface area contributed by atoms with Gasteiger partial charge in [-0.05, 0) is 35.9 Å². The molecule has 1 aromatic heterocycles. The van der Waals surface area contributed by atoms with Gasteiger partial charge in [0.2, 0.25) is 5.91 Å². The van der Waals surface area contributed by atoms with Crippen molar-refractivity contribution in [1.82, 2.24) is 4.98 Å². The Bertz CT molecular complexity index is 766. The van der Waals surface area contributed by atoms with Crippen molar-refractivity contribution >= 4 is 38.8 Å². The number of carbonyl (C=O) groups is 1. The van der Waals surface area contributed by atoms with Crippen LogP contribution in [0.4, 0.5) is 11.4 Å². The summed E-state index contributed by atoms with van der Waals surface area (Å²) < 4.78 is 1.06. The first-order chi connectivity index (χ1) is 9.70. The Kier molecular flexibility index (Phi) is 3.35. The molecule has 0 aliphatic carbocycles. The van der Waals surface area contributed by atoms with E-state index in [0.717, 1.165) is 21.5 Å². The fraction of sp³-hybridized carbons (Fsp3) is 0.0667. The fourth-order valence-corrected chi connectivity index (χ4v) is 2.74. The van der Waals surface area contributed by atoms with E-state index in [0.29, 0.717) is 12.1 Å². The molecule has 0 radical (unpaired) electrons. The normalized spacial score (nSPS) is 10.6. The number of nitrogen functional groups attached to an aromatic ring is 1. The van der Waals surface area contributed by atoms with Crippen LogP contribution in [0.1, 0.15) is 5.56 Å². The largest absolute Gasteiger partial charge is 0.399 e. The third kappa shape index (κ3) is 2.78. The number of aromatic nitrogens is 1. The minimum Gasteiger partial charge on any atom is -0.399 e. The Morgan fingerprint density at radius 1 is 1.25 bits per heavy atom. The number of rotatable bonds is 3. The number of nitrogens with zero attached hydrogens (tertiary/aromatic N) is 1. The molecular formula is C15H13N3OS. The van der Waals surface area contributed by atoms with E-state index in [1.165, 1.54) is 0 Å². The van der Waals surface area contributed by atoms with E-state index in [-0.39, 0.29) is 5.91 Å². The predicted molar refractivity (Wildman–Crippen MR) is 82.8 cm³/mol. The summed E-state index contributed by atoms with van der Waals surface area (Å²) in [5, 5.41) is 2.89. The van der Waals surface area contributed by atoms with E-state index < -0.39 is 0 Å². The zero-order valence-electron chi connectivity index (χ0n) is 10.7. The summed E-state index contributed by atoms with van der Waals surface area (Å²) in [4.78, 5) is 16.2. The highest BCUT2D eigenvalue weighted by Crippen LogP contribution is 2.22. The molecule has 0 spiro atoms. The van der Waals surface area contributed by atoms with Gasteiger partial charge in [0.15, 0.2) is 0 Å². The molecule has 3 aromatic rings.